The summed E-state index contributed by atoms with van der Waals surface area (Å²) in [6.45, 7) is 4.45. The van der Waals surface area contributed by atoms with E-state index in [9.17, 15) is 4.79 Å². The Morgan fingerprint density at radius 2 is 2.00 bits per heavy atom. The Hall–Kier alpha value is -3.30. The monoisotopic (exact) mass is 481 g/mol. The van der Waals surface area contributed by atoms with Crippen molar-refractivity contribution in [1.82, 2.24) is 9.88 Å². The molecule has 34 heavy (non-hydrogen) atoms. The van der Waals surface area contributed by atoms with Crippen LogP contribution in [0.25, 0.3) is 10.9 Å². The first-order valence-corrected chi connectivity index (χ1v) is 11.9. The van der Waals surface area contributed by atoms with Gasteiger partial charge in [-0.25, -0.2) is 0 Å². The molecule has 3 heterocycles. The van der Waals surface area contributed by atoms with Gasteiger partial charge in [0.2, 0.25) is 6.79 Å². The zero-order valence-electron chi connectivity index (χ0n) is 19.0. The second-order valence-corrected chi connectivity index (χ2v) is 8.71. The van der Waals surface area contributed by atoms with Gasteiger partial charge in [-0.2, -0.15) is 0 Å². The third kappa shape index (κ3) is 4.95. The first kappa shape index (κ1) is 22.5. The van der Waals surface area contributed by atoms with Gasteiger partial charge in [0.15, 0.2) is 16.6 Å². The highest BCUT2D eigenvalue weighted by Crippen LogP contribution is 2.35. The summed E-state index contributed by atoms with van der Waals surface area (Å²) in [6.07, 6.45) is 2.08. The summed E-state index contributed by atoms with van der Waals surface area (Å²) >= 11 is 5.76. The van der Waals surface area contributed by atoms with Crippen LogP contribution in [0, 0.1) is 0 Å². The van der Waals surface area contributed by atoms with Crippen molar-refractivity contribution in [2.45, 2.75) is 32.4 Å². The van der Waals surface area contributed by atoms with E-state index in [0.717, 1.165) is 36.3 Å². The maximum atomic E-state index is 12.9. The molecule has 2 aliphatic heterocycles. The molecule has 1 atom stereocenters. The van der Waals surface area contributed by atoms with Crippen LogP contribution in [0.15, 0.2) is 47.3 Å². The van der Waals surface area contributed by atoms with Crippen LogP contribution in [0.4, 0.5) is 5.69 Å². The number of nitrogens with zero attached hydrogens (tertiary/aromatic N) is 1. The van der Waals surface area contributed by atoms with E-state index in [1.165, 1.54) is 0 Å². The number of hydrogen-bond donors (Lipinski definition) is 2. The van der Waals surface area contributed by atoms with Crippen molar-refractivity contribution < 1.29 is 18.9 Å². The van der Waals surface area contributed by atoms with Crippen molar-refractivity contribution >= 4 is 33.9 Å². The minimum Gasteiger partial charge on any atom is -0.494 e. The summed E-state index contributed by atoms with van der Waals surface area (Å²) in [4.78, 5) is 17.9. The maximum Gasteiger partial charge on any atom is 0.253 e. The van der Waals surface area contributed by atoms with Crippen LogP contribution < -0.4 is 25.1 Å². The van der Waals surface area contributed by atoms with E-state index < -0.39 is 0 Å². The fourth-order valence-corrected chi connectivity index (χ4v) is 4.48. The number of aromatic nitrogens is 1. The lowest BCUT2D eigenvalue weighted by molar-refractivity contribution is 0.0904. The third-order valence-electron chi connectivity index (χ3n) is 5.93. The van der Waals surface area contributed by atoms with Crippen molar-refractivity contribution in [3.8, 4) is 17.2 Å². The molecule has 0 bridgehead atoms. The van der Waals surface area contributed by atoms with Crippen molar-refractivity contribution in [3.05, 3.63) is 58.4 Å². The molecule has 2 aromatic carbocycles. The Labute approximate surface area is 202 Å². The van der Waals surface area contributed by atoms with E-state index in [1.54, 1.807) is 6.07 Å². The lowest BCUT2D eigenvalue weighted by atomic mass is 10.1. The van der Waals surface area contributed by atoms with Gasteiger partial charge in [-0.05, 0) is 68.4 Å². The van der Waals surface area contributed by atoms with Gasteiger partial charge >= 0.3 is 0 Å². The Kier molecular flexibility index (Phi) is 6.55. The van der Waals surface area contributed by atoms with E-state index in [1.807, 2.05) is 48.2 Å². The van der Waals surface area contributed by atoms with Crippen LogP contribution in [-0.2, 0) is 11.3 Å². The molecular weight excluding hydrogens is 454 g/mol. The van der Waals surface area contributed by atoms with Gasteiger partial charge in [0.05, 0.1) is 24.8 Å². The Morgan fingerprint density at radius 1 is 1.21 bits per heavy atom. The number of anilines is 1. The van der Waals surface area contributed by atoms with Gasteiger partial charge in [0.25, 0.3) is 5.56 Å². The smallest absolute Gasteiger partial charge is 0.253 e. The van der Waals surface area contributed by atoms with Crippen LogP contribution in [0.2, 0.25) is 0 Å². The lowest BCUT2D eigenvalue weighted by Crippen LogP contribution is -2.40. The number of fused-ring (bicyclic) bond motifs is 2. The standard InChI is InChI=1S/C25H27N3O5S/c1-2-30-19-7-5-18(6-8-19)26-25(34)28(14-20-4-3-9-31-20)13-17-10-16-11-22-23(33-15-32-22)12-21(16)27-24(17)29/h5-8,10-12,20H,2-4,9,13-15H2,1H3,(H,26,34)(H,27,29). The second-order valence-electron chi connectivity index (χ2n) is 8.32. The number of pyridine rings is 1. The number of thiocarbonyl (C=S) groups is 1. The van der Waals surface area contributed by atoms with Crippen molar-refractivity contribution in [2.75, 3.05) is 31.9 Å². The lowest BCUT2D eigenvalue weighted by Gasteiger charge is -2.28. The number of nitrogens with one attached hydrogen (secondary N) is 2. The summed E-state index contributed by atoms with van der Waals surface area (Å²) in [5.74, 6) is 2.12. The largest absolute Gasteiger partial charge is 0.494 e. The average Bonchev–Trinajstić information content (AvgIpc) is 3.51. The predicted molar refractivity (Wildman–Crippen MR) is 134 cm³/mol. The highest BCUT2D eigenvalue weighted by molar-refractivity contribution is 7.80. The maximum absolute atomic E-state index is 12.9. The third-order valence-corrected chi connectivity index (χ3v) is 6.29. The van der Waals surface area contributed by atoms with E-state index in [-0.39, 0.29) is 18.5 Å². The van der Waals surface area contributed by atoms with Crippen LogP contribution in [0.3, 0.4) is 0 Å². The van der Waals surface area contributed by atoms with E-state index in [2.05, 4.69) is 10.3 Å². The summed E-state index contributed by atoms with van der Waals surface area (Å²) in [6, 6.07) is 13.2. The molecule has 1 unspecified atom stereocenters. The van der Waals surface area contributed by atoms with Crippen molar-refractivity contribution in [3.63, 3.8) is 0 Å². The molecule has 8 nitrogen and oxygen atoms in total. The van der Waals surface area contributed by atoms with Crippen LogP contribution in [-0.4, -0.2) is 47.7 Å². The molecule has 1 aromatic heterocycles. The minimum absolute atomic E-state index is 0.0773. The normalized spacial score (nSPS) is 16.6. The zero-order chi connectivity index (χ0) is 23.5. The summed E-state index contributed by atoms with van der Waals surface area (Å²) < 4.78 is 22.3. The number of hydrogen-bond acceptors (Lipinski definition) is 6. The molecule has 3 aromatic rings. The van der Waals surface area contributed by atoms with E-state index in [0.29, 0.717) is 47.4 Å². The average molecular weight is 482 g/mol. The molecule has 0 radical (unpaired) electrons. The summed E-state index contributed by atoms with van der Waals surface area (Å²) in [5, 5.41) is 4.70. The molecule has 1 saturated heterocycles. The molecular formula is C25H27N3O5S. The van der Waals surface area contributed by atoms with Crippen LogP contribution >= 0.6 is 12.2 Å². The Morgan fingerprint density at radius 3 is 2.74 bits per heavy atom. The fraction of sp³-hybridized carbons (Fsp3) is 0.360. The minimum atomic E-state index is -0.160. The zero-order valence-corrected chi connectivity index (χ0v) is 19.8. The molecule has 178 valence electrons. The summed E-state index contributed by atoms with van der Waals surface area (Å²) in [5.41, 5.74) is 2.01. The number of aromatic amines is 1. The molecule has 0 spiro atoms. The molecule has 0 aliphatic carbocycles. The van der Waals surface area contributed by atoms with Gasteiger partial charge in [0, 0.05) is 35.9 Å². The quantitative estimate of drug-likeness (QED) is 0.490. The first-order valence-electron chi connectivity index (χ1n) is 11.4. The van der Waals surface area contributed by atoms with Crippen LogP contribution in [0.1, 0.15) is 25.3 Å². The van der Waals surface area contributed by atoms with E-state index >= 15 is 0 Å². The van der Waals surface area contributed by atoms with Gasteiger partial charge in [-0.15, -0.1) is 0 Å². The highest BCUT2D eigenvalue weighted by Gasteiger charge is 2.23. The Bertz CT molecular complexity index is 1240. The van der Waals surface area contributed by atoms with Gasteiger partial charge in [-0.1, -0.05) is 0 Å². The predicted octanol–water partition coefficient (Wildman–Crippen LogP) is 4.03. The molecule has 0 saturated carbocycles. The topological polar surface area (TPSA) is 85.1 Å². The molecule has 1 fully saturated rings. The Balaban J connectivity index is 1.38. The molecule has 0 amide bonds. The first-order chi connectivity index (χ1) is 16.6. The number of ether oxygens (including phenoxy) is 4. The molecule has 5 rings (SSSR count). The number of rotatable bonds is 7. The van der Waals surface area contributed by atoms with E-state index in [4.69, 9.17) is 31.2 Å². The van der Waals surface area contributed by atoms with Crippen LogP contribution in [0.5, 0.6) is 17.2 Å². The highest BCUT2D eigenvalue weighted by atomic mass is 32.1. The molecule has 9 heteroatoms. The SMILES string of the molecule is CCOc1ccc(NC(=S)N(Cc2cc3cc4c(cc3[nH]c2=O)OCO4)CC2CCCO2)cc1. The van der Waals surface area contributed by atoms with Gasteiger partial charge < -0.3 is 34.1 Å². The number of H-pyrrole nitrogens is 1. The summed E-state index contributed by atoms with van der Waals surface area (Å²) in [7, 11) is 0. The number of benzene rings is 2. The fourth-order valence-electron chi connectivity index (χ4n) is 4.22. The molecule has 2 N–H and O–H groups in total. The van der Waals surface area contributed by atoms with Gasteiger partial charge in [-0.3, -0.25) is 4.79 Å². The second kappa shape index (κ2) is 9.90. The van der Waals surface area contributed by atoms with Gasteiger partial charge in [0.1, 0.15) is 5.75 Å². The molecule has 2 aliphatic rings. The van der Waals surface area contributed by atoms with Crippen molar-refractivity contribution in [1.29, 1.82) is 0 Å². The van der Waals surface area contributed by atoms with Crippen molar-refractivity contribution in [2.24, 2.45) is 0 Å².